The fraction of sp³-hybridized carbons (Fsp3) is 0.538. The highest BCUT2D eigenvalue weighted by molar-refractivity contribution is 7.80. The van der Waals surface area contributed by atoms with Crippen LogP contribution in [0.15, 0.2) is 18.2 Å². The Balaban J connectivity index is 2.57. The summed E-state index contributed by atoms with van der Waals surface area (Å²) in [6.07, 6.45) is 1.12. The highest BCUT2D eigenvalue weighted by Gasteiger charge is 2.05. The molecule has 0 amide bonds. The SMILES string of the molecule is CCC(CS)COc1cc(C)cc(C)c1. The first-order valence-corrected chi connectivity index (χ1v) is 6.11. The van der Waals surface area contributed by atoms with Crippen molar-refractivity contribution in [3.8, 4) is 5.75 Å². The topological polar surface area (TPSA) is 9.23 Å². The molecule has 0 fully saturated rings. The van der Waals surface area contributed by atoms with Crippen LogP contribution in [0.25, 0.3) is 0 Å². The molecule has 0 heterocycles. The van der Waals surface area contributed by atoms with E-state index in [2.05, 4.69) is 51.6 Å². The maximum absolute atomic E-state index is 5.76. The number of hydrogen-bond donors (Lipinski definition) is 1. The molecular weight excluding hydrogens is 204 g/mol. The lowest BCUT2D eigenvalue weighted by Gasteiger charge is -2.14. The van der Waals surface area contributed by atoms with Crippen LogP contribution in [-0.4, -0.2) is 12.4 Å². The van der Waals surface area contributed by atoms with Gasteiger partial charge in [-0.2, -0.15) is 12.6 Å². The highest BCUT2D eigenvalue weighted by atomic mass is 32.1. The Morgan fingerprint density at radius 1 is 1.20 bits per heavy atom. The van der Waals surface area contributed by atoms with Crippen LogP contribution in [0.5, 0.6) is 5.75 Å². The minimum absolute atomic E-state index is 0.550. The first-order chi connectivity index (χ1) is 7.15. The van der Waals surface area contributed by atoms with Crippen LogP contribution >= 0.6 is 12.6 Å². The molecule has 0 aliphatic carbocycles. The molecule has 0 aliphatic rings. The first-order valence-electron chi connectivity index (χ1n) is 5.47. The van der Waals surface area contributed by atoms with Crippen molar-refractivity contribution in [2.75, 3.05) is 12.4 Å². The minimum Gasteiger partial charge on any atom is -0.493 e. The molecule has 0 N–H and O–H groups in total. The molecule has 0 radical (unpaired) electrons. The van der Waals surface area contributed by atoms with Crippen molar-refractivity contribution in [1.29, 1.82) is 0 Å². The van der Waals surface area contributed by atoms with Gasteiger partial charge in [-0.05, 0) is 49.3 Å². The van der Waals surface area contributed by atoms with Gasteiger partial charge in [-0.3, -0.25) is 0 Å². The minimum atomic E-state index is 0.550. The molecule has 1 unspecified atom stereocenters. The number of ether oxygens (including phenoxy) is 1. The summed E-state index contributed by atoms with van der Waals surface area (Å²) in [4.78, 5) is 0. The van der Waals surface area contributed by atoms with Crippen LogP contribution in [0.2, 0.25) is 0 Å². The number of hydrogen-bond acceptors (Lipinski definition) is 2. The van der Waals surface area contributed by atoms with Crippen molar-refractivity contribution in [1.82, 2.24) is 0 Å². The predicted molar refractivity (Wildman–Crippen MR) is 69.0 cm³/mol. The van der Waals surface area contributed by atoms with Gasteiger partial charge in [-0.15, -0.1) is 0 Å². The fourth-order valence-electron chi connectivity index (χ4n) is 1.53. The van der Waals surface area contributed by atoms with Crippen LogP contribution < -0.4 is 4.74 Å². The summed E-state index contributed by atoms with van der Waals surface area (Å²) >= 11 is 4.30. The summed E-state index contributed by atoms with van der Waals surface area (Å²) in [7, 11) is 0. The molecule has 1 rings (SSSR count). The van der Waals surface area contributed by atoms with E-state index in [0.29, 0.717) is 5.92 Å². The lowest BCUT2D eigenvalue weighted by atomic mass is 10.1. The molecular formula is C13H20OS. The van der Waals surface area contributed by atoms with Crippen molar-refractivity contribution >= 4 is 12.6 Å². The van der Waals surface area contributed by atoms with Gasteiger partial charge in [0.1, 0.15) is 5.75 Å². The zero-order valence-corrected chi connectivity index (χ0v) is 10.7. The Morgan fingerprint density at radius 2 is 1.80 bits per heavy atom. The van der Waals surface area contributed by atoms with Crippen LogP contribution in [0.3, 0.4) is 0 Å². The molecule has 2 heteroatoms. The molecule has 15 heavy (non-hydrogen) atoms. The van der Waals surface area contributed by atoms with E-state index in [1.54, 1.807) is 0 Å². The maximum Gasteiger partial charge on any atom is 0.119 e. The van der Waals surface area contributed by atoms with Gasteiger partial charge in [-0.1, -0.05) is 13.0 Å². The van der Waals surface area contributed by atoms with Crippen LogP contribution in [0, 0.1) is 19.8 Å². The summed E-state index contributed by atoms with van der Waals surface area (Å²) in [5.74, 6) is 2.42. The zero-order valence-electron chi connectivity index (χ0n) is 9.79. The van der Waals surface area contributed by atoms with Gasteiger partial charge in [-0.25, -0.2) is 0 Å². The van der Waals surface area contributed by atoms with Crippen molar-refractivity contribution in [3.63, 3.8) is 0 Å². The third kappa shape index (κ3) is 4.17. The van der Waals surface area contributed by atoms with E-state index in [9.17, 15) is 0 Å². The van der Waals surface area contributed by atoms with E-state index in [1.165, 1.54) is 11.1 Å². The number of rotatable bonds is 5. The summed E-state index contributed by atoms with van der Waals surface area (Å²) in [5.41, 5.74) is 2.51. The van der Waals surface area contributed by atoms with Gasteiger partial charge in [0.25, 0.3) is 0 Å². The van der Waals surface area contributed by atoms with Crippen molar-refractivity contribution in [2.45, 2.75) is 27.2 Å². The molecule has 0 saturated carbocycles. The molecule has 1 atom stereocenters. The molecule has 0 spiro atoms. The third-order valence-corrected chi connectivity index (χ3v) is 3.03. The Kier molecular flexibility index (Phi) is 5.03. The second-order valence-corrected chi connectivity index (χ2v) is 4.46. The van der Waals surface area contributed by atoms with Gasteiger partial charge >= 0.3 is 0 Å². The Labute approximate surface area is 98.3 Å². The largest absolute Gasteiger partial charge is 0.493 e. The van der Waals surface area contributed by atoms with Crippen molar-refractivity contribution in [2.24, 2.45) is 5.92 Å². The Bertz CT molecular complexity index is 285. The molecule has 1 aromatic rings. The third-order valence-electron chi connectivity index (χ3n) is 2.52. The molecule has 0 aliphatic heterocycles. The van der Waals surface area contributed by atoms with Gasteiger partial charge in [0, 0.05) is 5.92 Å². The lowest BCUT2D eigenvalue weighted by Crippen LogP contribution is -2.12. The quantitative estimate of drug-likeness (QED) is 0.751. The maximum atomic E-state index is 5.76. The number of thiol groups is 1. The monoisotopic (exact) mass is 224 g/mol. The van der Waals surface area contributed by atoms with E-state index in [4.69, 9.17) is 4.74 Å². The Morgan fingerprint density at radius 3 is 2.27 bits per heavy atom. The number of benzene rings is 1. The van der Waals surface area contributed by atoms with Crippen LogP contribution in [0.1, 0.15) is 24.5 Å². The fourth-order valence-corrected chi connectivity index (χ4v) is 1.89. The molecule has 1 aromatic carbocycles. The average Bonchev–Trinajstić information content (AvgIpc) is 2.18. The highest BCUT2D eigenvalue weighted by Crippen LogP contribution is 2.17. The van der Waals surface area contributed by atoms with Gasteiger partial charge < -0.3 is 4.74 Å². The molecule has 0 bridgehead atoms. The summed E-state index contributed by atoms with van der Waals surface area (Å²) in [5, 5.41) is 0. The second-order valence-electron chi connectivity index (χ2n) is 4.09. The predicted octanol–water partition coefficient (Wildman–Crippen LogP) is 3.64. The molecule has 0 aromatic heterocycles. The van der Waals surface area contributed by atoms with Crippen molar-refractivity contribution in [3.05, 3.63) is 29.3 Å². The van der Waals surface area contributed by atoms with E-state index < -0.39 is 0 Å². The molecule has 84 valence electrons. The van der Waals surface area contributed by atoms with Crippen molar-refractivity contribution < 1.29 is 4.74 Å². The summed E-state index contributed by atoms with van der Waals surface area (Å²) in [6, 6.07) is 6.32. The van der Waals surface area contributed by atoms with E-state index in [0.717, 1.165) is 24.5 Å². The Hall–Kier alpha value is -0.630. The van der Waals surface area contributed by atoms with E-state index in [-0.39, 0.29) is 0 Å². The normalized spacial score (nSPS) is 12.5. The van der Waals surface area contributed by atoms with Gasteiger partial charge in [0.05, 0.1) is 6.61 Å². The average molecular weight is 224 g/mol. The molecule has 1 nitrogen and oxygen atoms in total. The zero-order chi connectivity index (χ0) is 11.3. The summed E-state index contributed by atoms with van der Waals surface area (Å²) in [6.45, 7) is 7.13. The first kappa shape index (κ1) is 12.4. The lowest BCUT2D eigenvalue weighted by molar-refractivity contribution is 0.259. The summed E-state index contributed by atoms with van der Waals surface area (Å²) < 4.78 is 5.76. The molecule has 0 saturated heterocycles. The van der Waals surface area contributed by atoms with Gasteiger partial charge in [0.15, 0.2) is 0 Å². The number of aryl methyl sites for hydroxylation is 2. The van der Waals surface area contributed by atoms with Gasteiger partial charge in [0.2, 0.25) is 0 Å². The van der Waals surface area contributed by atoms with E-state index in [1.807, 2.05) is 0 Å². The second kappa shape index (κ2) is 6.06. The smallest absolute Gasteiger partial charge is 0.119 e. The van der Waals surface area contributed by atoms with E-state index >= 15 is 0 Å². The van der Waals surface area contributed by atoms with Crippen LogP contribution in [-0.2, 0) is 0 Å². The van der Waals surface area contributed by atoms with Crippen LogP contribution in [0.4, 0.5) is 0 Å². The standard InChI is InChI=1S/C13H20OS/c1-4-12(9-15)8-14-13-6-10(2)5-11(3)7-13/h5-7,12,15H,4,8-9H2,1-3H3.